The first-order valence-corrected chi connectivity index (χ1v) is 7.67. The molecule has 2 rings (SSSR count). The minimum atomic E-state index is -0.192. The van der Waals surface area contributed by atoms with E-state index in [0.717, 1.165) is 5.92 Å². The van der Waals surface area contributed by atoms with Gasteiger partial charge in [0.25, 0.3) is 0 Å². The summed E-state index contributed by atoms with van der Waals surface area (Å²) < 4.78 is 13.7. The van der Waals surface area contributed by atoms with E-state index in [1.807, 2.05) is 0 Å². The third kappa shape index (κ3) is 3.93. The molecular weight excluding hydrogens is 261 g/mol. The Labute approximate surface area is 120 Å². The number of hydrogen-bond donors (Lipinski definition) is 1. The van der Waals surface area contributed by atoms with Crippen molar-refractivity contribution < 1.29 is 4.39 Å². The molecule has 106 valence electrons. The molecule has 0 radical (unpaired) electrons. The highest BCUT2D eigenvalue weighted by atomic mass is 35.5. The van der Waals surface area contributed by atoms with Crippen molar-refractivity contribution in [2.75, 3.05) is 0 Å². The zero-order valence-corrected chi connectivity index (χ0v) is 12.3. The molecule has 0 bridgehead atoms. The zero-order valence-electron chi connectivity index (χ0n) is 11.5. The second-order valence-corrected chi connectivity index (χ2v) is 6.24. The Morgan fingerprint density at radius 1 is 1.42 bits per heavy atom. The molecular formula is C16H23ClFN. The maximum atomic E-state index is 13.7. The van der Waals surface area contributed by atoms with Gasteiger partial charge in [-0.05, 0) is 54.9 Å². The number of nitrogens with two attached hydrogens (primary N) is 1. The topological polar surface area (TPSA) is 26.0 Å². The van der Waals surface area contributed by atoms with Crippen molar-refractivity contribution in [3.63, 3.8) is 0 Å². The monoisotopic (exact) mass is 283 g/mol. The SMILES string of the molecule is CCC1CCCC(C(N)Cc2cc(Cl)ccc2F)C1. The lowest BCUT2D eigenvalue weighted by atomic mass is 9.76. The molecule has 0 aromatic heterocycles. The highest BCUT2D eigenvalue weighted by Crippen LogP contribution is 2.33. The maximum absolute atomic E-state index is 13.7. The molecule has 1 nitrogen and oxygen atoms in total. The van der Waals surface area contributed by atoms with Crippen molar-refractivity contribution in [1.82, 2.24) is 0 Å². The van der Waals surface area contributed by atoms with Gasteiger partial charge in [-0.25, -0.2) is 4.39 Å². The van der Waals surface area contributed by atoms with Gasteiger partial charge in [-0.3, -0.25) is 0 Å². The number of benzene rings is 1. The summed E-state index contributed by atoms with van der Waals surface area (Å²) in [6, 6.07) is 4.76. The van der Waals surface area contributed by atoms with Crippen molar-refractivity contribution in [1.29, 1.82) is 0 Å². The van der Waals surface area contributed by atoms with Crippen LogP contribution in [0.5, 0.6) is 0 Å². The van der Waals surface area contributed by atoms with E-state index in [0.29, 0.717) is 22.9 Å². The normalized spacial score (nSPS) is 25.3. The van der Waals surface area contributed by atoms with Crippen LogP contribution >= 0.6 is 11.6 Å². The Hall–Kier alpha value is -0.600. The Morgan fingerprint density at radius 2 is 2.21 bits per heavy atom. The van der Waals surface area contributed by atoms with Gasteiger partial charge in [-0.1, -0.05) is 37.8 Å². The Kier molecular flexibility index (Phi) is 5.23. The summed E-state index contributed by atoms with van der Waals surface area (Å²) in [6.45, 7) is 2.25. The molecule has 3 atom stereocenters. The standard InChI is InChI=1S/C16H23ClFN/c1-2-11-4-3-5-12(8-11)16(19)10-13-9-14(17)6-7-15(13)18/h6-7,9,11-12,16H,2-5,8,10,19H2,1H3. The predicted molar refractivity (Wildman–Crippen MR) is 78.8 cm³/mol. The highest BCUT2D eigenvalue weighted by Gasteiger charge is 2.26. The number of hydrogen-bond acceptors (Lipinski definition) is 1. The smallest absolute Gasteiger partial charge is 0.126 e. The van der Waals surface area contributed by atoms with Crippen LogP contribution in [0.1, 0.15) is 44.6 Å². The summed E-state index contributed by atoms with van der Waals surface area (Å²) in [5, 5.41) is 0.582. The summed E-state index contributed by atoms with van der Waals surface area (Å²) in [5.74, 6) is 1.13. The molecule has 0 saturated heterocycles. The highest BCUT2D eigenvalue weighted by molar-refractivity contribution is 6.30. The van der Waals surface area contributed by atoms with Gasteiger partial charge in [0.2, 0.25) is 0 Å². The van der Waals surface area contributed by atoms with Gasteiger partial charge < -0.3 is 5.73 Å². The van der Waals surface area contributed by atoms with Crippen LogP contribution in [0.4, 0.5) is 4.39 Å². The Bertz CT molecular complexity index is 421. The van der Waals surface area contributed by atoms with Crippen molar-refractivity contribution in [3.8, 4) is 0 Å². The first kappa shape index (κ1) is 14.8. The van der Waals surface area contributed by atoms with Gasteiger partial charge in [-0.15, -0.1) is 0 Å². The lowest BCUT2D eigenvalue weighted by molar-refractivity contribution is 0.228. The van der Waals surface area contributed by atoms with Gasteiger partial charge in [-0.2, -0.15) is 0 Å². The summed E-state index contributed by atoms with van der Waals surface area (Å²) >= 11 is 5.92. The fourth-order valence-corrected chi connectivity index (χ4v) is 3.41. The van der Waals surface area contributed by atoms with Crippen molar-refractivity contribution in [2.45, 2.75) is 51.5 Å². The van der Waals surface area contributed by atoms with Crippen molar-refractivity contribution in [3.05, 3.63) is 34.6 Å². The van der Waals surface area contributed by atoms with Gasteiger partial charge in [0.05, 0.1) is 0 Å². The molecule has 0 spiro atoms. The number of rotatable bonds is 4. The van der Waals surface area contributed by atoms with Gasteiger partial charge in [0.1, 0.15) is 5.82 Å². The number of halogens is 2. The molecule has 3 heteroatoms. The van der Waals surface area contributed by atoms with Crippen LogP contribution in [-0.2, 0) is 6.42 Å². The molecule has 1 aliphatic carbocycles. The minimum Gasteiger partial charge on any atom is -0.327 e. The molecule has 2 N–H and O–H groups in total. The molecule has 1 aromatic carbocycles. The van der Waals surface area contributed by atoms with E-state index < -0.39 is 0 Å². The van der Waals surface area contributed by atoms with Crippen molar-refractivity contribution in [2.24, 2.45) is 17.6 Å². The van der Waals surface area contributed by atoms with Crippen LogP contribution in [0.2, 0.25) is 5.02 Å². The van der Waals surface area contributed by atoms with E-state index in [2.05, 4.69) is 6.92 Å². The molecule has 1 aromatic rings. The van der Waals surface area contributed by atoms with Crippen LogP contribution in [0.3, 0.4) is 0 Å². The second-order valence-electron chi connectivity index (χ2n) is 5.80. The molecule has 19 heavy (non-hydrogen) atoms. The molecule has 3 unspecified atom stereocenters. The fourth-order valence-electron chi connectivity index (χ4n) is 3.21. The Morgan fingerprint density at radius 3 is 2.95 bits per heavy atom. The van der Waals surface area contributed by atoms with E-state index >= 15 is 0 Å². The lowest BCUT2D eigenvalue weighted by Gasteiger charge is -2.32. The molecule has 1 saturated carbocycles. The first-order valence-electron chi connectivity index (χ1n) is 7.29. The zero-order chi connectivity index (χ0) is 13.8. The quantitative estimate of drug-likeness (QED) is 0.861. The molecule has 1 fully saturated rings. The molecule has 0 aliphatic heterocycles. The van der Waals surface area contributed by atoms with E-state index in [-0.39, 0.29) is 11.9 Å². The van der Waals surface area contributed by atoms with Crippen LogP contribution in [0.25, 0.3) is 0 Å². The maximum Gasteiger partial charge on any atom is 0.126 e. The van der Waals surface area contributed by atoms with Gasteiger partial charge in [0, 0.05) is 11.1 Å². The van der Waals surface area contributed by atoms with Crippen LogP contribution in [0, 0.1) is 17.7 Å². The van der Waals surface area contributed by atoms with Crippen LogP contribution in [-0.4, -0.2) is 6.04 Å². The van der Waals surface area contributed by atoms with E-state index in [1.54, 1.807) is 12.1 Å². The van der Waals surface area contributed by atoms with Gasteiger partial charge >= 0.3 is 0 Å². The summed E-state index contributed by atoms with van der Waals surface area (Å²) in [5.41, 5.74) is 6.96. The molecule has 0 amide bonds. The summed E-state index contributed by atoms with van der Waals surface area (Å²) in [6.07, 6.45) is 6.78. The lowest BCUT2D eigenvalue weighted by Crippen LogP contribution is -2.35. The van der Waals surface area contributed by atoms with Crippen molar-refractivity contribution >= 4 is 11.6 Å². The second kappa shape index (κ2) is 6.71. The largest absolute Gasteiger partial charge is 0.327 e. The molecule has 1 aliphatic rings. The summed E-state index contributed by atoms with van der Waals surface area (Å²) in [7, 11) is 0. The van der Waals surface area contributed by atoms with E-state index in [4.69, 9.17) is 17.3 Å². The third-order valence-electron chi connectivity index (χ3n) is 4.47. The van der Waals surface area contributed by atoms with Gasteiger partial charge in [0.15, 0.2) is 0 Å². The van der Waals surface area contributed by atoms with Crippen LogP contribution in [0.15, 0.2) is 18.2 Å². The average Bonchev–Trinajstić information content (AvgIpc) is 2.43. The van der Waals surface area contributed by atoms with E-state index in [1.165, 1.54) is 38.2 Å². The summed E-state index contributed by atoms with van der Waals surface area (Å²) in [4.78, 5) is 0. The van der Waals surface area contributed by atoms with Crippen LogP contribution < -0.4 is 5.73 Å². The average molecular weight is 284 g/mol. The predicted octanol–water partition coefficient (Wildman–Crippen LogP) is 4.57. The molecule has 0 heterocycles. The Balaban J connectivity index is 2.00. The van der Waals surface area contributed by atoms with E-state index in [9.17, 15) is 4.39 Å². The first-order chi connectivity index (χ1) is 9.10. The third-order valence-corrected chi connectivity index (χ3v) is 4.70. The fraction of sp³-hybridized carbons (Fsp3) is 0.625. The minimum absolute atomic E-state index is 0.0438.